The highest BCUT2D eigenvalue weighted by Crippen LogP contribution is 2.02. The Balaban J connectivity index is 2.40. The molecule has 1 heterocycles. The number of halogens is 1. The number of nitrogens with zero attached hydrogens (tertiary/aromatic N) is 1. The molecule has 17 heavy (non-hydrogen) atoms. The number of pyridine rings is 1. The lowest BCUT2D eigenvalue weighted by atomic mass is 10.2. The van der Waals surface area contributed by atoms with E-state index in [9.17, 15) is 8.42 Å². The summed E-state index contributed by atoms with van der Waals surface area (Å²) in [5.41, 5.74) is 0.961. The van der Waals surface area contributed by atoms with Crippen LogP contribution in [0.5, 0.6) is 0 Å². The molecule has 0 bridgehead atoms. The molecule has 1 aromatic heterocycles. The maximum atomic E-state index is 11.6. The van der Waals surface area contributed by atoms with Crippen LogP contribution in [0.15, 0.2) is 24.5 Å². The van der Waals surface area contributed by atoms with E-state index in [2.05, 4.69) is 9.71 Å². The summed E-state index contributed by atoms with van der Waals surface area (Å²) in [6.07, 6.45) is 4.54. The van der Waals surface area contributed by atoms with Crippen LogP contribution in [0.2, 0.25) is 0 Å². The van der Waals surface area contributed by atoms with Crippen LogP contribution in [0.25, 0.3) is 0 Å². The molecule has 0 aliphatic rings. The molecule has 0 fully saturated rings. The average molecular weight is 277 g/mol. The van der Waals surface area contributed by atoms with Crippen molar-refractivity contribution in [2.45, 2.75) is 25.1 Å². The highest BCUT2D eigenvalue weighted by molar-refractivity contribution is 7.89. The first kappa shape index (κ1) is 14.4. The van der Waals surface area contributed by atoms with Gasteiger partial charge in [0.1, 0.15) is 0 Å². The van der Waals surface area contributed by atoms with Gasteiger partial charge in [-0.15, -0.1) is 11.6 Å². The predicted molar refractivity (Wildman–Crippen MR) is 69.7 cm³/mol. The van der Waals surface area contributed by atoms with Crippen molar-refractivity contribution in [2.24, 2.45) is 0 Å². The number of aryl methyl sites for hydroxylation is 1. The highest BCUT2D eigenvalue weighted by atomic mass is 35.5. The van der Waals surface area contributed by atoms with Crippen LogP contribution in [0.4, 0.5) is 0 Å². The number of hydrogen-bond acceptors (Lipinski definition) is 3. The number of alkyl halides is 1. The third kappa shape index (κ3) is 6.00. The Morgan fingerprint density at radius 1 is 1.41 bits per heavy atom. The van der Waals surface area contributed by atoms with Crippen molar-refractivity contribution >= 4 is 21.6 Å². The minimum Gasteiger partial charge on any atom is -0.265 e. The van der Waals surface area contributed by atoms with Crippen molar-refractivity contribution in [1.82, 2.24) is 9.71 Å². The standard InChI is InChI=1S/C11H17ClN2O2S/c1-2-11(12)9-14-17(15,16)8-5-10-3-6-13-7-4-10/h3-4,6-7,11,14H,2,5,8-9H2,1H3. The van der Waals surface area contributed by atoms with Crippen LogP contribution in [0.3, 0.4) is 0 Å². The summed E-state index contributed by atoms with van der Waals surface area (Å²) < 4.78 is 25.8. The Labute approximate surface area is 107 Å². The van der Waals surface area contributed by atoms with E-state index in [1.165, 1.54) is 0 Å². The van der Waals surface area contributed by atoms with E-state index in [0.717, 1.165) is 12.0 Å². The van der Waals surface area contributed by atoms with Gasteiger partial charge < -0.3 is 0 Å². The predicted octanol–water partition coefficient (Wildman–Crippen LogP) is 1.56. The smallest absolute Gasteiger partial charge is 0.211 e. The molecule has 0 radical (unpaired) electrons. The molecule has 0 aliphatic heterocycles. The maximum absolute atomic E-state index is 11.6. The van der Waals surface area contributed by atoms with Crippen molar-refractivity contribution in [3.05, 3.63) is 30.1 Å². The molecule has 1 aromatic rings. The molecule has 1 rings (SSSR count). The number of sulfonamides is 1. The number of rotatable bonds is 7. The van der Waals surface area contributed by atoms with E-state index in [0.29, 0.717) is 6.42 Å². The largest absolute Gasteiger partial charge is 0.265 e. The SMILES string of the molecule is CCC(Cl)CNS(=O)(=O)CCc1ccncc1. The van der Waals surface area contributed by atoms with E-state index in [-0.39, 0.29) is 17.7 Å². The first-order chi connectivity index (χ1) is 8.03. The van der Waals surface area contributed by atoms with Crippen molar-refractivity contribution < 1.29 is 8.42 Å². The van der Waals surface area contributed by atoms with E-state index >= 15 is 0 Å². The Morgan fingerprint density at radius 3 is 2.65 bits per heavy atom. The lowest BCUT2D eigenvalue weighted by Gasteiger charge is -2.09. The Bertz CT molecular complexity index is 422. The molecule has 96 valence electrons. The van der Waals surface area contributed by atoms with Gasteiger partial charge in [0.2, 0.25) is 10.0 Å². The van der Waals surface area contributed by atoms with Crippen molar-refractivity contribution in [2.75, 3.05) is 12.3 Å². The molecular formula is C11H17ClN2O2S. The second-order valence-corrected chi connectivity index (χ2v) is 6.32. The van der Waals surface area contributed by atoms with Gasteiger partial charge in [0.25, 0.3) is 0 Å². The van der Waals surface area contributed by atoms with Gasteiger partial charge in [0.05, 0.1) is 5.75 Å². The molecule has 1 atom stereocenters. The number of hydrogen-bond donors (Lipinski definition) is 1. The lowest BCUT2D eigenvalue weighted by molar-refractivity contribution is 0.578. The van der Waals surface area contributed by atoms with Gasteiger partial charge >= 0.3 is 0 Å². The molecule has 0 spiro atoms. The van der Waals surface area contributed by atoms with Crippen molar-refractivity contribution in [3.63, 3.8) is 0 Å². The van der Waals surface area contributed by atoms with Gasteiger partial charge in [-0.05, 0) is 30.5 Å². The molecule has 6 heteroatoms. The first-order valence-corrected chi connectivity index (χ1v) is 7.62. The second kappa shape index (κ2) is 6.93. The molecule has 4 nitrogen and oxygen atoms in total. The zero-order valence-corrected chi connectivity index (χ0v) is 11.3. The van der Waals surface area contributed by atoms with Gasteiger partial charge in [0, 0.05) is 24.3 Å². The van der Waals surface area contributed by atoms with Crippen LogP contribution in [0.1, 0.15) is 18.9 Å². The maximum Gasteiger partial charge on any atom is 0.211 e. The molecule has 0 saturated heterocycles. The number of nitrogens with one attached hydrogen (secondary N) is 1. The van der Waals surface area contributed by atoms with Crippen LogP contribution in [0, 0.1) is 0 Å². The molecular weight excluding hydrogens is 260 g/mol. The van der Waals surface area contributed by atoms with Crippen molar-refractivity contribution in [1.29, 1.82) is 0 Å². The van der Waals surface area contributed by atoms with Gasteiger partial charge in [-0.1, -0.05) is 6.92 Å². The van der Waals surface area contributed by atoms with Crippen LogP contribution < -0.4 is 4.72 Å². The van der Waals surface area contributed by atoms with E-state index in [4.69, 9.17) is 11.6 Å². The van der Waals surface area contributed by atoms with Crippen LogP contribution in [-0.2, 0) is 16.4 Å². The molecule has 0 aromatic carbocycles. The van der Waals surface area contributed by atoms with E-state index in [1.807, 2.05) is 19.1 Å². The average Bonchev–Trinajstić information content (AvgIpc) is 2.35. The Kier molecular flexibility index (Phi) is 5.88. The van der Waals surface area contributed by atoms with Gasteiger partial charge in [-0.2, -0.15) is 0 Å². The minimum atomic E-state index is -3.24. The highest BCUT2D eigenvalue weighted by Gasteiger charge is 2.12. The summed E-state index contributed by atoms with van der Waals surface area (Å²) in [7, 11) is -3.24. The molecule has 0 saturated carbocycles. The minimum absolute atomic E-state index is 0.0737. The summed E-state index contributed by atoms with van der Waals surface area (Å²) >= 11 is 5.85. The number of aromatic nitrogens is 1. The lowest BCUT2D eigenvalue weighted by Crippen LogP contribution is -2.32. The molecule has 0 aliphatic carbocycles. The summed E-state index contributed by atoms with van der Waals surface area (Å²) in [5, 5.41) is -0.147. The summed E-state index contributed by atoms with van der Waals surface area (Å²) in [6.45, 7) is 2.21. The van der Waals surface area contributed by atoms with Gasteiger partial charge in [0.15, 0.2) is 0 Å². The first-order valence-electron chi connectivity index (χ1n) is 5.54. The topological polar surface area (TPSA) is 59.1 Å². The fraction of sp³-hybridized carbons (Fsp3) is 0.545. The summed E-state index contributed by atoms with van der Waals surface area (Å²) in [5.74, 6) is 0.0737. The third-order valence-corrected chi connectivity index (χ3v) is 4.19. The van der Waals surface area contributed by atoms with E-state index < -0.39 is 10.0 Å². The Hall–Kier alpha value is -0.650. The quantitative estimate of drug-likeness (QED) is 0.769. The van der Waals surface area contributed by atoms with E-state index in [1.54, 1.807) is 12.4 Å². The second-order valence-electron chi connectivity index (χ2n) is 3.78. The summed E-state index contributed by atoms with van der Waals surface area (Å²) in [4.78, 5) is 3.88. The molecule has 1 unspecified atom stereocenters. The van der Waals surface area contributed by atoms with Crippen LogP contribution in [-0.4, -0.2) is 31.1 Å². The molecule has 0 amide bonds. The zero-order valence-electron chi connectivity index (χ0n) is 9.77. The normalized spacial score (nSPS) is 13.5. The third-order valence-electron chi connectivity index (χ3n) is 2.38. The Morgan fingerprint density at radius 2 is 2.06 bits per heavy atom. The zero-order chi connectivity index (χ0) is 12.7. The monoisotopic (exact) mass is 276 g/mol. The fourth-order valence-electron chi connectivity index (χ4n) is 1.24. The summed E-state index contributed by atoms with van der Waals surface area (Å²) in [6, 6.07) is 3.62. The van der Waals surface area contributed by atoms with Gasteiger partial charge in [-0.25, -0.2) is 13.1 Å². The molecule has 1 N–H and O–H groups in total. The van der Waals surface area contributed by atoms with Crippen LogP contribution >= 0.6 is 11.6 Å². The van der Waals surface area contributed by atoms with Crippen molar-refractivity contribution in [3.8, 4) is 0 Å². The van der Waals surface area contributed by atoms with Gasteiger partial charge in [-0.3, -0.25) is 4.98 Å². The fourth-order valence-corrected chi connectivity index (χ4v) is 2.51.